The van der Waals surface area contributed by atoms with Crippen LogP contribution in [0.1, 0.15) is 28.8 Å². The van der Waals surface area contributed by atoms with E-state index in [9.17, 15) is 4.79 Å². The van der Waals surface area contributed by atoms with Crippen LogP contribution in [0, 0.1) is 0 Å². The van der Waals surface area contributed by atoms with E-state index < -0.39 is 0 Å². The van der Waals surface area contributed by atoms with Crippen molar-refractivity contribution >= 4 is 41.9 Å². The number of carbonyl (C=O) groups is 1. The highest BCUT2D eigenvalue weighted by atomic mass is 32.1. The van der Waals surface area contributed by atoms with Gasteiger partial charge in [0.1, 0.15) is 18.0 Å². The normalized spacial score (nSPS) is 14.1. The minimum atomic E-state index is -0.119. The molecule has 37 heavy (non-hydrogen) atoms. The first-order chi connectivity index (χ1) is 17.6. The maximum absolute atomic E-state index is 12.3. The van der Waals surface area contributed by atoms with Gasteiger partial charge in [-0.15, -0.1) is 0 Å². The first kappa shape index (κ1) is 26.3. The Labute approximate surface area is 223 Å². The van der Waals surface area contributed by atoms with E-state index in [2.05, 4.69) is 48.5 Å². The average molecular weight is 518 g/mol. The van der Waals surface area contributed by atoms with Crippen molar-refractivity contribution in [3.8, 4) is 11.3 Å². The van der Waals surface area contributed by atoms with Gasteiger partial charge in [-0.2, -0.15) is 13.5 Å². The second-order valence-corrected chi connectivity index (χ2v) is 8.76. The van der Waals surface area contributed by atoms with Crippen molar-refractivity contribution in [3.63, 3.8) is 0 Å². The third-order valence-electron chi connectivity index (χ3n) is 6.44. The van der Waals surface area contributed by atoms with Gasteiger partial charge in [-0.05, 0) is 23.8 Å². The van der Waals surface area contributed by atoms with Gasteiger partial charge in [0.15, 0.2) is 0 Å². The maximum Gasteiger partial charge on any atom is 0.251 e. The number of nitrogens with one attached hydrogen (secondary N) is 2. The van der Waals surface area contributed by atoms with E-state index >= 15 is 0 Å². The van der Waals surface area contributed by atoms with Crippen molar-refractivity contribution in [1.82, 2.24) is 25.3 Å². The summed E-state index contributed by atoms with van der Waals surface area (Å²) in [4.78, 5) is 32.6. The number of nitrogens with zero attached hydrogens (tertiary/aromatic N) is 5. The Kier molecular flexibility index (Phi) is 8.52. The molecule has 0 bridgehead atoms. The summed E-state index contributed by atoms with van der Waals surface area (Å²) in [5.74, 6) is 1.70. The quantitative estimate of drug-likeness (QED) is 0.383. The summed E-state index contributed by atoms with van der Waals surface area (Å²) in [7, 11) is 1.63. The SMILES string of the molecule is CNC(=O)c1ccnc2c([C@H](C)CNc3cc(-c4ccc(N5CCOCC5)nc4)ncn3)cccc12.S. The van der Waals surface area contributed by atoms with Crippen LogP contribution in [0.2, 0.25) is 0 Å². The standard InChI is InChI=1S/C27H29N7O2.H2S/c1-18(20-4-3-5-21-22(27(35)28-2)8-9-29-26(20)21)15-30-24-14-23(32-17-33-24)19-6-7-25(31-16-19)34-10-12-36-13-11-34;/h3-9,14,16-18H,10-13,15H2,1-2H3,(H,28,35)(H,30,32,33);1H2/t18-;/m1./s1. The van der Waals surface area contributed by atoms with Gasteiger partial charge in [0, 0.05) is 62.0 Å². The van der Waals surface area contributed by atoms with Gasteiger partial charge < -0.3 is 20.3 Å². The van der Waals surface area contributed by atoms with Gasteiger partial charge in [-0.3, -0.25) is 9.78 Å². The number of benzene rings is 1. The molecule has 4 heterocycles. The molecule has 1 saturated heterocycles. The van der Waals surface area contributed by atoms with E-state index in [0.29, 0.717) is 12.1 Å². The molecule has 9 nitrogen and oxygen atoms in total. The molecule has 1 aliphatic rings. The number of fused-ring (bicyclic) bond motifs is 1. The van der Waals surface area contributed by atoms with Gasteiger partial charge in [-0.1, -0.05) is 25.1 Å². The van der Waals surface area contributed by atoms with Gasteiger partial charge >= 0.3 is 0 Å². The van der Waals surface area contributed by atoms with Crippen LogP contribution >= 0.6 is 13.5 Å². The predicted molar refractivity (Wildman–Crippen MR) is 151 cm³/mol. The number of rotatable bonds is 7. The summed E-state index contributed by atoms with van der Waals surface area (Å²) in [6.07, 6.45) is 5.10. The number of anilines is 2. The minimum absolute atomic E-state index is 0. The van der Waals surface area contributed by atoms with E-state index in [1.54, 1.807) is 25.6 Å². The van der Waals surface area contributed by atoms with Gasteiger partial charge in [0.05, 0.1) is 30.0 Å². The molecule has 0 aliphatic carbocycles. The van der Waals surface area contributed by atoms with Crippen LogP contribution in [0.15, 0.2) is 61.2 Å². The lowest BCUT2D eigenvalue weighted by Crippen LogP contribution is -2.36. The summed E-state index contributed by atoms with van der Waals surface area (Å²) in [6, 6.07) is 13.7. The smallest absolute Gasteiger partial charge is 0.251 e. The van der Waals surface area contributed by atoms with Crippen LogP contribution < -0.4 is 15.5 Å². The highest BCUT2D eigenvalue weighted by molar-refractivity contribution is 7.59. The van der Waals surface area contributed by atoms with E-state index in [4.69, 9.17) is 4.74 Å². The van der Waals surface area contributed by atoms with Crippen LogP contribution in [0.25, 0.3) is 22.2 Å². The summed E-state index contributed by atoms with van der Waals surface area (Å²) in [5, 5.41) is 6.98. The highest BCUT2D eigenvalue weighted by Gasteiger charge is 2.16. The van der Waals surface area contributed by atoms with E-state index in [1.807, 2.05) is 36.5 Å². The number of amides is 1. The summed E-state index contributed by atoms with van der Waals surface area (Å²) in [6.45, 7) is 5.94. The Balaban J connectivity index is 0.00000320. The second-order valence-electron chi connectivity index (χ2n) is 8.76. The first-order valence-corrected chi connectivity index (χ1v) is 12.1. The third kappa shape index (κ3) is 5.81. The average Bonchev–Trinajstić information content (AvgIpc) is 2.95. The Morgan fingerprint density at radius 1 is 1.08 bits per heavy atom. The molecule has 0 radical (unpaired) electrons. The molecule has 0 spiro atoms. The zero-order valence-corrected chi connectivity index (χ0v) is 21.9. The largest absolute Gasteiger partial charge is 0.378 e. The lowest BCUT2D eigenvalue weighted by atomic mass is 9.96. The third-order valence-corrected chi connectivity index (χ3v) is 6.44. The topological polar surface area (TPSA) is 105 Å². The fraction of sp³-hybridized carbons (Fsp3) is 0.296. The van der Waals surface area contributed by atoms with Crippen molar-refractivity contribution in [2.45, 2.75) is 12.8 Å². The molecule has 1 aromatic carbocycles. The fourth-order valence-electron chi connectivity index (χ4n) is 4.43. The van der Waals surface area contributed by atoms with Gasteiger partial charge in [0.25, 0.3) is 5.91 Å². The number of carbonyl (C=O) groups excluding carboxylic acids is 1. The van der Waals surface area contributed by atoms with Gasteiger partial charge in [-0.25, -0.2) is 15.0 Å². The van der Waals surface area contributed by atoms with Crippen LogP contribution in [0.3, 0.4) is 0 Å². The zero-order chi connectivity index (χ0) is 24.9. The number of hydrogen-bond donors (Lipinski definition) is 2. The van der Waals surface area contributed by atoms with Crippen molar-refractivity contribution in [2.75, 3.05) is 50.1 Å². The predicted octanol–water partition coefficient (Wildman–Crippen LogP) is 3.61. The number of ether oxygens (including phenoxy) is 1. The fourth-order valence-corrected chi connectivity index (χ4v) is 4.43. The second kappa shape index (κ2) is 12.0. The molecule has 4 aromatic rings. The number of para-hydroxylation sites is 1. The zero-order valence-electron chi connectivity index (χ0n) is 20.9. The van der Waals surface area contributed by atoms with Crippen molar-refractivity contribution in [2.24, 2.45) is 0 Å². The first-order valence-electron chi connectivity index (χ1n) is 12.1. The molecule has 0 saturated carbocycles. The number of morpholine rings is 1. The van der Waals surface area contributed by atoms with Crippen LogP contribution in [-0.4, -0.2) is 65.7 Å². The molecule has 2 N–H and O–H groups in total. The monoisotopic (exact) mass is 517 g/mol. The molecular formula is C27H31N7O2S. The van der Waals surface area contributed by atoms with Crippen LogP contribution in [0.4, 0.5) is 11.6 Å². The lowest BCUT2D eigenvalue weighted by molar-refractivity contribution is 0.0964. The Morgan fingerprint density at radius 2 is 1.92 bits per heavy atom. The van der Waals surface area contributed by atoms with Crippen molar-refractivity contribution in [3.05, 3.63) is 72.3 Å². The van der Waals surface area contributed by atoms with E-state index in [0.717, 1.165) is 65.7 Å². The summed E-state index contributed by atoms with van der Waals surface area (Å²) >= 11 is 0. The van der Waals surface area contributed by atoms with E-state index in [1.165, 1.54) is 0 Å². The minimum Gasteiger partial charge on any atom is -0.378 e. The molecular weight excluding hydrogens is 486 g/mol. The maximum atomic E-state index is 12.3. The number of pyridine rings is 2. The summed E-state index contributed by atoms with van der Waals surface area (Å²) < 4.78 is 5.42. The molecule has 1 aliphatic heterocycles. The highest BCUT2D eigenvalue weighted by Crippen LogP contribution is 2.27. The molecule has 192 valence electrons. The van der Waals surface area contributed by atoms with Crippen LogP contribution in [0.5, 0.6) is 0 Å². The molecule has 1 fully saturated rings. The molecule has 3 aromatic heterocycles. The molecule has 1 amide bonds. The number of hydrogen-bond acceptors (Lipinski definition) is 8. The molecule has 10 heteroatoms. The van der Waals surface area contributed by atoms with Crippen molar-refractivity contribution < 1.29 is 9.53 Å². The Bertz CT molecular complexity index is 1360. The lowest BCUT2D eigenvalue weighted by Gasteiger charge is -2.27. The molecule has 5 rings (SSSR count). The van der Waals surface area contributed by atoms with Crippen LogP contribution in [-0.2, 0) is 4.74 Å². The van der Waals surface area contributed by atoms with E-state index in [-0.39, 0.29) is 25.3 Å². The van der Waals surface area contributed by atoms with Crippen molar-refractivity contribution in [1.29, 1.82) is 0 Å². The Hall–Kier alpha value is -3.76. The summed E-state index contributed by atoms with van der Waals surface area (Å²) in [5.41, 5.74) is 4.28. The van der Waals surface area contributed by atoms with Gasteiger partial charge in [0.2, 0.25) is 0 Å². The number of aromatic nitrogens is 4. The molecule has 1 atom stereocenters. The molecule has 0 unspecified atom stereocenters. The Morgan fingerprint density at radius 3 is 2.68 bits per heavy atom.